The van der Waals surface area contributed by atoms with Crippen molar-refractivity contribution >= 4 is 39.1 Å². The fraction of sp³-hybridized carbons (Fsp3) is 0.417. The number of benzene rings is 2. The maximum atomic E-state index is 13.8. The minimum absolute atomic E-state index is 0.0552. The zero-order valence-corrected chi connectivity index (χ0v) is 21.7. The van der Waals surface area contributed by atoms with E-state index >= 15 is 0 Å². The van der Waals surface area contributed by atoms with Crippen LogP contribution in [0.3, 0.4) is 0 Å². The fourth-order valence-corrected chi connectivity index (χ4v) is 4.46. The van der Waals surface area contributed by atoms with Gasteiger partial charge in [-0.1, -0.05) is 43.6 Å². The van der Waals surface area contributed by atoms with Gasteiger partial charge >= 0.3 is 0 Å². The van der Waals surface area contributed by atoms with Gasteiger partial charge in [0.1, 0.15) is 12.6 Å². The van der Waals surface area contributed by atoms with Crippen LogP contribution in [0, 0.1) is 11.6 Å². The largest absolute Gasteiger partial charge is 0.352 e. The highest BCUT2D eigenvalue weighted by molar-refractivity contribution is 7.92. The molecule has 0 fully saturated rings. The van der Waals surface area contributed by atoms with E-state index in [1.807, 2.05) is 13.8 Å². The summed E-state index contributed by atoms with van der Waals surface area (Å²) < 4.78 is 52.9. The number of rotatable bonds is 11. The number of carbonyl (C=O) groups is 2. The number of hydrogen-bond donors (Lipinski definition) is 1. The molecule has 7 nitrogen and oxygen atoms in total. The third-order valence-electron chi connectivity index (χ3n) is 5.56. The van der Waals surface area contributed by atoms with Crippen molar-refractivity contribution < 1.29 is 26.8 Å². The van der Waals surface area contributed by atoms with Crippen LogP contribution in [0.15, 0.2) is 42.5 Å². The third-order valence-corrected chi connectivity index (χ3v) is 7.07. The van der Waals surface area contributed by atoms with Crippen LogP contribution in [0.2, 0.25) is 5.02 Å². The molecule has 2 amide bonds. The first kappa shape index (κ1) is 28.5. The average molecular weight is 530 g/mol. The molecular formula is C24H30ClF2N3O4S. The quantitative estimate of drug-likeness (QED) is 0.474. The second kappa shape index (κ2) is 12.3. The fourth-order valence-electron chi connectivity index (χ4n) is 3.42. The first-order valence-electron chi connectivity index (χ1n) is 11.1. The second-order valence-corrected chi connectivity index (χ2v) is 10.5. The number of anilines is 1. The van der Waals surface area contributed by atoms with Gasteiger partial charge in [-0.15, -0.1) is 0 Å². The van der Waals surface area contributed by atoms with Gasteiger partial charge in [-0.05, 0) is 43.5 Å². The molecule has 2 rings (SSSR count). The highest BCUT2D eigenvalue weighted by atomic mass is 35.5. The summed E-state index contributed by atoms with van der Waals surface area (Å²) in [5.74, 6) is -3.50. The molecular weight excluding hydrogens is 500 g/mol. The molecule has 0 unspecified atom stereocenters. The number of hydrogen-bond acceptors (Lipinski definition) is 4. The lowest BCUT2D eigenvalue weighted by Crippen LogP contribution is -2.53. The third kappa shape index (κ3) is 7.63. The van der Waals surface area contributed by atoms with Gasteiger partial charge in [0.15, 0.2) is 11.6 Å². The van der Waals surface area contributed by atoms with Crippen LogP contribution < -0.4 is 9.62 Å². The number of carbonyl (C=O) groups excluding carboxylic acids is 2. The first-order chi connectivity index (χ1) is 16.4. The Kier molecular flexibility index (Phi) is 10.0. The predicted octanol–water partition coefficient (Wildman–Crippen LogP) is 4.11. The molecule has 192 valence electrons. The molecule has 0 aliphatic heterocycles. The van der Waals surface area contributed by atoms with Crippen molar-refractivity contribution in [3.63, 3.8) is 0 Å². The van der Waals surface area contributed by atoms with E-state index in [9.17, 15) is 26.8 Å². The molecule has 0 aliphatic rings. The Labute approximate surface area is 210 Å². The van der Waals surface area contributed by atoms with Gasteiger partial charge in [0, 0.05) is 23.7 Å². The van der Waals surface area contributed by atoms with Crippen molar-refractivity contribution in [3.8, 4) is 0 Å². The second-order valence-electron chi connectivity index (χ2n) is 8.22. The van der Waals surface area contributed by atoms with Crippen LogP contribution in [0.25, 0.3) is 0 Å². The zero-order chi connectivity index (χ0) is 26.3. The van der Waals surface area contributed by atoms with Crippen molar-refractivity contribution in [2.75, 3.05) is 17.1 Å². The lowest BCUT2D eigenvalue weighted by Gasteiger charge is -2.33. The van der Waals surface area contributed by atoms with Crippen molar-refractivity contribution in [3.05, 3.63) is 64.7 Å². The molecule has 35 heavy (non-hydrogen) atoms. The Hall–Kier alpha value is -2.72. The summed E-state index contributed by atoms with van der Waals surface area (Å²) in [6, 6.07) is 8.29. The monoisotopic (exact) mass is 529 g/mol. The predicted molar refractivity (Wildman–Crippen MR) is 133 cm³/mol. The van der Waals surface area contributed by atoms with E-state index in [-0.39, 0.29) is 30.6 Å². The molecule has 0 saturated carbocycles. The molecule has 0 aliphatic carbocycles. The van der Waals surface area contributed by atoms with Crippen LogP contribution in [0.4, 0.5) is 14.5 Å². The molecule has 2 aromatic carbocycles. The molecule has 0 saturated heterocycles. The van der Waals surface area contributed by atoms with Crippen LogP contribution >= 0.6 is 11.6 Å². The van der Waals surface area contributed by atoms with Crippen molar-refractivity contribution in [2.24, 2.45) is 0 Å². The maximum absolute atomic E-state index is 13.8. The average Bonchev–Trinajstić information content (AvgIpc) is 2.79. The van der Waals surface area contributed by atoms with Gasteiger partial charge < -0.3 is 10.2 Å². The zero-order valence-electron chi connectivity index (χ0n) is 20.1. The summed E-state index contributed by atoms with van der Waals surface area (Å²) >= 11 is 6.29. The Morgan fingerprint density at radius 1 is 1.06 bits per heavy atom. The van der Waals surface area contributed by atoms with Crippen molar-refractivity contribution in [1.29, 1.82) is 0 Å². The Morgan fingerprint density at radius 2 is 1.71 bits per heavy atom. The Morgan fingerprint density at radius 3 is 2.26 bits per heavy atom. The van der Waals surface area contributed by atoms with E-state index in [0.29, 0.717) is 27.4 Å². The van der Waals surface area contributed by atoms with E-state index in [0.717, 1.165) is 18.4 Å². The first-order valence-corrected chi connectivity index (χ1v) is 13.4. The smallest absolute Gasteiger partial charge is 0.244 e. The summed E-state index contributed by atoms with van der Waals surface area (Å²) in [5.41, 5.74) is 0.352. The molecule has 0 radical (unpaired) electrons. The van der Waals surface area contributed by atoms with E-state index in [1.54, 1.807) is 31.2 Å². The van der Waals surface area contributed by atoms with Crippen LogP contribution in [0.1, 0.15) is 39.2 Å². The van der Waals surface area contributed by atoms with E-state index in [1.165, 1.54) is 4.90 Å². The molecule has 2 atom stereocenters. The van der Waals surface area contributed by atoms with Crippen molar-refractivity contribution in [1.82, 2.24) is 10.2 Å². The SMILES string of the molecule is CC[C@H](C)NC(=O)[C@H](CC)N(Cc1ccccc1Cl)C(=O)CN(c1ccc(F)c(F)c1)S(C)(=O)=O. The van der Waals surface area contributed by atoms with E-state index in [2.05, 4.69) is 5.32 Å². The van der Waals surface area contributed by atoms with Gasteiger partial charge in [0.2, 0.25) is 21.8 Å². The number of halogens is 3. The molecule has 0 aromatic heterocycles. The minimum Gasteiger partial charge on any atom is -0.352 e. The molecule has 0 spiro atoms. The van der Waals surface area contributed by atoms with Crippen LogP contribution in [-0.4, -0.2) is 50.0 Å². The topological polar surface area (TPSA) is 86.8 Å². The number of nitrogens with zero attached hydrogens (tertiary/aromatic N) is 2. The standard InChI is InChI=1S/C24H30ClF2N3O4S/c1-5-16(3)28-24(32)22(6-2)29(14-17-9-7-8-10-19(17)25)23(31)15-30(35(4,33)34)18-11-12-20(26)21(27)13-18/h7-13,16,22H,5-6,14-15H2,1-4H3,(H,28,32)/t16-,22-/m0/s1. The van der Waals surface area contributed by atoms with Gasteiger partial charge in [0.05, 0.1) is 11.9 Å². The molecule has 0 heterocycles. The number of sulfonamides is 1. The summed E-state index contributed by atoms with van der Waals surface area (Å²) in [6.45, 7) is 4.70. The van der Waals surface area contributed by atoms with E-state index < -0.39 is 40.2 Å². The Bertz CT molecular complexity index is 1160. The summed E-state index contributed by atoms with van der Waals surface area (Å²) in [5, 5.41) is 3.23. The summed E-state index contributed by atoms with van der Waals surface area (Å²) in [7, 11) is -4.06. The van der Waals surface area contributed by atoms with Gasteiger partial charge in [-0.3, -0.25) is 13.9 Å². The van der Waals surface area contributed by atoms with Gasteiger partial charge in [-0.25, -0.2) is 17.2 Å². The molecule has 11 heteroatoms. The normalized spacial score (nSPS) is 13.1. The molecule has 0 bridgehead atoms. The van der Waals surface area contributed by atoms with Gasteiger partial charge in [-0.2, -0.15) is 0 Å². The number of nitrogens with one attached hydrogen (secondary N) is 1. The lowest BCUT2D eigenvalue weighted by molar-refractivity contribution is -0.140. The highest BCUT2D eigenvalue weighted by Gasteiger charge is 2.32. The Balaban J connectivity index is 2.47. The minimum atomic E-state index is -4.06. The van der Waals surface area contributed by atoms with Crippen molar-refractivity contribution in [2.45, 2.75) is 52.2 Å². The maximum Gasteiger partial charge on any atom is 0.244 e. The summed E-state index contributed by atoms with van der Waals surface area (Å²) in [4.78, 5) is 27.8. The summed E-state index contributed by atoms with van der Waals surface area (Å²) in [6.07, 6.45) is 1.79. The number of amides is 2. The van der Waals surface area contributed by atoms with Crippen LogP contribution in [0.5, 0.6) is 0 Å². The van der Waals surface area contributed by atoms with Crippen LogP contribution in [-0.2, 0) is 26.2 Å². The van der Waals surface area contributed by atoms with Gasteiger partial charge in [0.25, 0.3) is 0 Å². The molecule has 1 N–H and O–H groups in total. The lowest BCUT2D eigenvalue weighted by atomic mass is 10.1. The highest BCUT2D eigenvalue weighted by Crippen LogP contribution is 2.23. The molecule has 2 aromatic rings. The van der Waals surface area contributed by atoms with E-state index in [4.69, 9.17) is 11.6 Å².